The maximum atomic E-state index is 12.4. The molecule has 2 aromatic heterocycles. The highest BCUT2D eigenvalue weighted by Crippen LogP contribution is 2.35. The van der Waals surface area contributed by atoms with Crippen LogP contribution < -0.4 is 5.32 Å². The van der Waals surface area contributed by atoms with Gasteiger partial charge in [0.25, 0.3) is 0 Å². The second-order valence-electron chi connectivity index (χ2n) is 5.81. The number of nitrogens with zero attached hydrogens (tertiary/aromatic N) is 2. The first-order valence-electron chi connectivity index (χ1n) is 8.80. The monoisotopic (exact) mass is 459 g/mol. The van der Waals surface area contributed by atoms with Crippen molar-refractivity contribution in [2.45, 2.75) is 13.8 Å². The Bertz CT molecular complexity index is 1130. The van der Waals surface area contributed by atoms with Gasteiger partial charge < -0.3 is 14.8 Å². The Kier molecular flexibility index (Phi) is 7.13. The zero-order chi connectivity index (χ0) is 21.7. The predicted octanol–water partition coefficient (Wildman–Crippen LogP) is 4.70. The number of methoxy groups -OCH3 is 1. The summed E-state index contributed by atoms with van der Waals surface area (Å²) in [6.07, 6.45) is 3.42. The van der Waals surface area contributed by atoms with Crippen LogP contribution in [0, 0.1) is 18.3 Å². The van der Waals surface area contributed by atoms with Crippen LogP contribution in [0.25, 0.3) is 10.5 Å². The molecule has 0 aromatic carbocycles. The quantitative estimate of drug-likeness (QED) is 0.361. The first-order chi connectivity index (χ1) is 14.5. The van der Waals surface area contributed by atoms with Crippen molar-refractivity contribution in [1.29, 1.82) is 5.26 Å². The standard InChI is InChI=1S/C20H17N3O4S3/c1-4-27-19(24)15-11(2)16(20(25)26-3)30-18(15)22-9-12(8-21)17-23-13(10-29-17)14-6-5-7-28-14/h5,9-10,22H,4,7H2,1-3H3/b12-9+. The van der Waals surface area contributed by atoms with E-state index in [1.807, 2.05) is 11.5 Å². The molecule has 0 bridgehead atoms. The van der Waals surface area contributed by atoms with Crippen molar-refractivity contribution >= 4 is 61.9 Å². The van der Waals surface area contributed by atoms with E-state index in [1.54, 1.807) is 25.6 Å². The van der Waals surface area contributed by atoms with Gasteiger partial charge in [-0.3, -0.25) is 0 Å². The zero-order valence-corrected chi connectivity index (χ0v) is 18.8. The van der Waals surface area contributed by atoms with Gasteiger partial charge in [-0.2, -0.15) is 5.26 Å². The molecule has 0 radical (unpaired) electrons. The number of anilines is 1. The Labute approximate surface area is 185 Å². The number of allylic oxidation sites excluding steroid dienone is 1. The number of hydrogen-bond acceptors (Lipinski definition) is 10. The van der Waals surface area contributed by atoms with Gasteiger partial charge >= 0.3 is 11.9 Å². The molecule has 1 N–H and O–H groups in total. The molecule has 154 valence electrons. The number of esters is 2. The molecule has 0 saturated heterocycles. The molecule has 1 aliphatic rings. The molecular formula is C20H17N3O4S3. The maximum Gasteiger partial charge on any atom is 0.348 e. The molecule has 0 saturated carbocycles. The Morgan fingerprint density at radius 1 is 1.43 bits per heavy atom. The molecule has 3 heterocycles. The van der Waals surface area contributed by atoms with Crippen molar-refractivity contribution in [2.75, 3.05) is 24.8 Å². The topological polar surface area (TPSA) is 101 Å². The van der Waals surface area contributed by atoms with E-state index >= 15 is 0 Å². The van der Waals surface area contributed by atoms with Crippen molar-refractivity contribution in [2.24, 2.45) is 0 Å². The number of ether oxygens (including phenoxy) is 2. The summed E-state index contributed by atoms with van der Waals surface area (Å²) < 4.78 is 9.91. The van der Waals surface area contributed by atoms with Crippen molar-refractivity contribution in [3.05, 3.63) is 50.1 Å². The van der Waals surface area contributed by atoms with E-state index < -0.39 is 11.9 Å². The summed E-state index contributed by atoms with van der Waals surface area (Å²) >= 11 is 4.05. The number of nitriles is 1. The van der Waals surface area contributed by atoms with Gasteiger partial charge in [0, 0.05) is 17.3 Å². The lowest BCUT2D eigenvalue weighted by Gasteiger charge is -2.05. The van der Waals surface area contributed by atoms with Gasteiger partial charge in [-0.15, -0.1) is 40.2 Å². The first-order valence-corrected chi connectivity index (χ1v) is 11.5. The highest BCUT2D eigenvalue weighted by molar-refractivity contribution is 8.08. The van der Waals surface area contributed by atoms with Crippen LogP contribution in [0.1, 0.15) is 43.2 Å². The molecule has 0 spiro atoms. The normalized spacial score (nSPS) is 13.0. The van der Waals surface area contributed by atoms with Gasteiger partial charge in [0.1, 0.15) is 26.5 Å². The summed E-state index contributed by atoms with van der Waals surface area (Å²) in [6, 6.07) is 2.12. The Hall–Kier alpha value is -2.83. The molecule has 1 aliphatic heterocycles. The van der Waals surface area contributed by atoms with Crippen LogP contribution in [0.3, 0.4) is 0 Å². The lowest BCUT2D eigenvalue weighted by Crippen LogP contribution is -2.08. The average molecular weight is 460 g/mol. The largest absolute Gasteiger partial charge is 0.465 e. The molecule has 3 rings (SSSR count). The smallest absolute Gasteiger partial charge is 0.348 e. The minimum atomic E-state index is -0.552. The van der Waals surface area contributed by atoms with E-state index in [0.29, 0.717) is 26.0 Å². The summed E-state index contributed by atoms with van der Waals surface area (Å²) in [5.74, 6) is -0.230. The molecule has 0 atom stereocenters. The lowest BCUT2D eigenvalue weighted by molar-refractivity contribution is 0.0527. The van der Waals surface area contributed by atoms with Crippen LogP contribution in [0.2, 0.25) is 0 Å². The second kappa shape index (κ2) is 9.78. The molecule has 2 aromatic rings. The molecule has 0 unspecified atom stereocenters. The van der Waals surface area contributed by atoms with E-state index in [-0.39, 0.29) is 12.2 Å². The lowest BCUT2D eigenvalue weighted by atomic mass is 10.1. The van der Waals surface area contributed by atoms with E-state index in [9.17, 15) is 14.9 Å². The van der Waals surface area contributed by atoms with E-state index in [1.165, 1.54) is 24.6 Å². The molecule has 0 amide bonds. The summed E-state index contributed by atoms with van der Waals surface area (Å²) in [7, 11) is 1.28. The van der Waals surface area contributed by atoms with Gasteiger partial charge in [-0.1, -0.05) is 0 Å². The minimum absolute atomic E-state index is 0.199. The number of carbonyl (C=O) groups excluding carboxylic acids is 2. The number of hydrogen-bond donors (Lipinski definition) is 1. The molecular weight excluding hydrogens is 442 g/mol. The average Bonchev–Trinajstić information content (AvgIpc) is 3.48. The van der Waals surface area contributed by atoms with E-state index in [4.69, 9.17) is 9.47 Å². The third-order valence-electron chi connectivity index (χ3n) is 3.98. The predicted molar refractivity (Wildman–Crippen MR) is 120 cm³/mol. The highest BCUT2D eigenvalue weighted by atomic mass is 32.2. The van der Waals surface area contributed by atoms with Crippen LogP contribution in [-0.4, -0.2) is 36.4 Å². The van der Waals surface area contributed by atoms with Crippen LogP contribution in [-0.2, 0) is 9.47 Å². The number of aromatic nitrogens is 1. The van der Waals surface area contributed by atoms with Crippen molar-refractivity contribution < 1.29 is 19.1 Å². The third-order valence-corrected chi connectivity index (χ3v) is 7.00. The van der Waals surface area contributed by atoms with Gasteiger partial charge in [-0.05, 0) is 25.5 Å². The summed E-state index contributed by atoms with van der Waals surface area (Å²) in [5.41, 5.74) is 4.94. The molecule has 30 heavy (non-hydrogen) atoms. The Morgan fingerprint density at radius 3 is 2.87 bits per heavy atom. The zero-order valence-electron chi connectivity index (χ0n) is 16.4. The summed E-state index contributed by atoms with van der Waals surface area (Å²) in [6.45, 7) is 3.56. The van der Waals surface area contributed by atoms with Crippen molar-refractivity contribution in [1.82, 2.24) is 4.98 Å². The fourth-order valence-corrected chi connectivity index (χ4v) is 5.27. The number of thiazole rings is 1. The molecule has 7 nitrogen and oxygen atoms in total. The number of thiophene rings is 1. The SMILES string of the molecule is CCOC(=O)c1c(N/C=C(\C#N)c2nc(C3=C=CCS3)cs2)sc(C(=O)OC)c1C. The Morgan fingerprint density at radius 2 is 2.23 bits per heavy atom. The first kappa shape index (κ1) is 21.9. The van der Waals surface area contributed by atoms with Gasteiger partial charge in [0.2, 0.25) is 0 Å². The number of carbonyl (C=O) groups is 2. The summed E-state index contributed by atoms with van der Waals surface area (Å²) in [4.78, 5) is 30.2. The van der Waals surface area contributed by atoms with Gasteiger partial charge in [0.15, 0.2) is 0 Å². The van der Waals surface area contributed by atoms with Crippen LogP contribution >= 0.6 is 34.4 Å². The van der Waals surface area contributed by atoms with Crippen LogP contribution in [0.15, 0.2) is 23.4 Å². The summed E-state index contributed by atoms with van der Waals surface area (Å²) in [5, 5.41) is 15.4. The van der Waals surface area contributed by atoms with Crippen LogP contribution in [0.5, 0.6) is 0 Å². The second-order valence-corrected chi connectivity index (χ2v) is 8.72. The Balaban J connectivity index is 1.93. The van der Waals surface area contributed by atoms with E-state index in [2.05, 4.69) is 22.1 Å². The molecule has 10 heteroatoms. The fraction of sp³-hybridized carbons (Fsp3) is 0.250. The van der Waals surface area contributed by atoms with Crippen LogP contribution in [0.4, 0.5) is 5.00 Å². The molecule has 0 aliphatic carbocycles. The number of nitrogens with one attached hydrogen (secondary N) is 1. The third kappa shape index (κ3) is 4.50. The highest BCUT2D eigenvalue weighted by Gasteiger charge is 2.26. The van der Waals surface area contributed by atoms with E-state index in [0.717, 1.165) is 27.7 Å². The van der Waals surface area contributed by atoms with Gasteiger partial charge in [0.05, 0.1) is 29.9 Å². The maximum absolute atomic E-state index is 12.4. The van der Waals surface area contributed by atoms with Crippen molar-refractivity contribution in [3.63, 3.8) is 0 Å². The van der Waals surface area contributed by atoms with Crippen molar-refractivity contribution in [3.8, 4) is 6.07 Å². The molecule has 0 fully saturated rings. The number of thioether (sulfide) groups is 1. The fourth-order valence-electron chi connectivity index (χ4n) is 2.58. The minimum Gasteiger partial charge on any atom is -0.465 e. The van der Waals surface area contributed by atoms with Gasteiger partial charge in [-0.25, -0.2) is 14.6 Å². The number of rotatable bonds is 7.